The van der Waals surface area contributed by atoms with E-state index >= 15 is 0 Å². The second kappa shape index (κ2) is 7.06. The minimum atomic E-state index is -3.15. The number of nitrogens with zero attached hydrogens (tertiary/aromatic N) is 2. The molecule has 1 aromatic rings. The van der Waals surface area contributed by atoms with Crippen molar-refractivity contribution in [3.8, 4) is 5.75 Å². The van der Waals surface area contributed by atoms with Gasteiger partial charge in [-0.25, -0.2) is 13.4 Å². The number of sulfone groups is 1. The Morgan fingerprint density at radius 1 is 1.35 bits per heavy atom. The van der Waals surface area contributed by atoms with E-state index in [0.29, 0.717) is 17.9 Å². The Morgan fingerprint density at radius 2 is 2.12 bits per heavy atom. The molecule has 1 atom stereocenters. The number of carbonyl (C=O) groups excluding carboxylic acids is 2. The van der Waals surface area contributed by atoms with Crippen LogP contribution in [0.2, 0.25) is 0 Å². The zero-order valence-corrected chi connectivity index (χ0v) is 15.5. The van der Waals surface area contributed by atoms with Crippen molar-refractivity contribution in [3.63, 3.8) is 0 Å². The SMILES string of the molecule is COc1ccc(C)cc1NC(=O)C1=NN([C@@H]2CCS(=O)(=O)C2)C(=O)CC1. The molecule has 3 rings (SSSR count). The lowest BCUT2D eigenvalue weighted by molar-refractivity contribution is -0.133. The summed E-state index contributed by atoms with van der Waals surface area (Å²) in [5.74, 6) is -0.221. The van der Waals surface area contributed by atoms with Crippen molar-refractivity contribution >= 4 is 33.1 Å². The van der Waals surface area contributed by atoms with E-state index < -0.39 is 21.8 Å². The molecule has 2 heterocycles. The summed E-state index contributed by atoms with van der Waals surface area (Å²) in [6.45, 7) is 1.90. The Hall–Kier alpha value is -2.42. The fourth-order valence-corrected chi connectivity index (χ4v) is 4.79. The minimum Gasteiger partial charge on any atom is -0.495 e. The van der Waals surface area contributed by atoms with Gasteiger partial charge in [0.25, 0.3) is 5.91 Å². The number of nitrogens with one attached hydrogen (secondary N) is 1. The molecule has 2 aliphatic heterocycles. The van der Waals surface area contributed by atoms with Gasteiger partial charge in [0.2, 0.25) is 5.91 Å². The van der Waals surface area contributed by atoms with Crippen molar-refractivity contribution in [2.45, 2.75) is 32.2 Å². The quantitative estimate of drug-likeness (QED) is 0.844. The Kier molecular flexibility index (Phi) is 4.99. The fourth-order valence-electron chi connectivity index (χ4n) is 3.10. The zero-order chi connectivity index (χ0) is 18.9. The number of aryl methyl sites for hydroxylation is 1. The predicted molar refractivity (Wildman–Crippen MR) is 96.9 cm³/mol. The molecule has 0 aliphatic carbocycles. The van der Waals surface area contributed by atoms with Crippen LogP contribution in [-0.2, 0) is 19.4 Å². The van der Waals surface area contributed by atoms with Crippen molar-refractivity contribution in [2.75, 3.05) is 23.9 Å². The molecule has 140 valence electrons. The number of rotatable bonds is 4. The molecule has 1 saturated heterocycles. The van der Waals surface area contributed by atoms with Crippen LogP contribution in [0.1, 0.15) is 24.8 Å². The van der Waals surface area contributed by atoms with Crippen LogP contribution in [-0.4, -0.2) is 55.6 Å². The summed E-state index contributed by atoms with van der Waals surface area (Å²) < 4.78 is 28.6. The molecule has 9 heteroatoms. The number of benzene rings is 1. The highest BCUT2D eigenvalue weighted by molar-refractivity contribution is 7.91. The Labute approximate surface area is 152 Å². The number of anilines is 1. The van der Waals surface area contributed by atoms with E-state index in [1.807, 2.05) is 13.0 Å². The largest absolute Gasteiger partial charge is 0.495 e. The minimum absolute atomic E-state index is 0.0407. The summed E-state index contributed by atoms with van der Waals surface area (Å²) in [7, 11) is -1.64. The van der Waals surface area contributed by atoms with Crippen molar-refractivity contribution in [3.05, 3.63) is 23.8 Å². The molecule has 0 bridgehead atoms. The van der Waals surface area contributed by atoms with Crippen LogP contribution in [0.15, 0.2) is 23.3 Å². The van der Waals surface area contributed by atoms with E-state index in [1.165, 1.54) is 12.1 Å². The Morgan fingerprint density at radius 3 is 2.77 bits per heavy atom. The summed E-state index contributed by atoms with van der Waals surface area (Å²) >= 11 is 0. The highest BCUT2D eigenvalue weighted by Crippen LogP contribution is 2.26. The van der Waals surface area contributed by atoms with Crippen molar-refractivity contribution in [1.82, 2.24) is 5.01 Å². The van der Waals surface area contributed by atoms with Gasteiger partial charge in [0.1, 0.15) is 11.5 Å². The predicted octanol–water partition coefficient (Wildman–Crippen LogP) is 1.11. The summed E-state index contributed by atoms with van der Waals surface area (Å²) in [6, 6.07) is 4.91. The molecule has 1 fully saturated rings. The van der Waals surface area contributed by atoms with Crippen LogP contribution in [0.4, 0.5) is 5.69 Å². The lowest BCUT2D eigenvalue weighted by Crippen LogP contribution is -2.42. The highest BCUT2D eigenvalue weighted by Gasteiger charge is 2.37. The molecule has 0 unspecified atom stereocenters. The number of carbonyl (C=O) groups is 2. The van der Waals surface area contributed by atoms with Gasteiger partial charge in [-0.15, -0.1) is 0 Å². The first-order valence-electron chi connectivity index (χ1n) is 8.35. The van der Waals surface area contributed by atoms with Gasteiger partial charge in [-0.3, -0.25) is 9.59 Å². The summed E-state index contributed by atoms with van der Waals surface area (Å²) in [4.78, 5) is 24.7. The van der Waals surface area contributed by atoms with Gasteiger partial charge in [0.05, 0.1) is 30.3 Å². The van der Waals surface area contributed by atoms with Gasteiger partial charge in [-0.05, 0) is 31.0 Å². The number of amides is 2. The fraction of sp³-hybridized carbons (Fsp3) is 0.471. The smallest absolute Gasteiger partial charge is 0.271 e. The molecule has 8 nitrogen and oxygen atoms in total. The highest BCUT2D eigenvalue weighted by atomic mass is 32.2. The standard InChI is InChI=1S/C17H21N3O5S/c1-11-3-5-15(25-2)14(9-11)18-17(22)13-4-6-16(21)20(19-13)12-7-8-26(23,24)10-12/h3,5,9,12H,4,6-8,10H2,1-2H3,(H,18,22)/t12-/m1/s1. The van der Waals surface area contributed by atoms with Gasteiger partial charge >= 0.3 is 0 Å². The third-order valence-electron chi connectivity index (χ3n) is 4.48. The van der Waals surface area contributed by atoms with Gasteiger partial charge in [0, 0.05) is 12.8 Å². The molecule has 2 amide bonds. The summed E-state index contributed by atoms with van der Waals surface area (Å²) in [5, 5.41) is 8.11. The average Bonchev–Trinajstić information content (AvgIpc) is 2.95. The van der Waals surface area contributed by atoms with E-state index in [4.69, 9.17) is 4.74 Å². The molecule has 2 aliphatic rings. The number of hydrogen-bond acceptors (Lipinski definition) is 6. The van der Waals surface area contributed by atoms with Crippen LogP contribution >= 0.6 is 0 Å². The molecule has 1 N–H and O–H groups in total. The van der Waals surface area contributed by atoms with Crippen molar-refractivity contribution < 1.29 is 22.7 Å². The van der Waals surface area contributed by atoms with E-state index in [0.717, 1.165) is 5.56 Å². The first-order valence-corrected chi connectivity index (χ1v) is 10.2. The number of hydrazone groups is 1. The third kappa shape index (κ3) is 3.87. The van der Waals surface area contributed by atoms with E-state index in [1.54, 1.807) is 12.1 Å². The summed E-state index contributed by atoms with van der Waals surface area (Å²) in [6.07, 6.45) is 0.695. The molecular weight excluding hydrogens is 358 g/mol. The number of methoxy groups -OCH3 is 1. The van der Waals surface area contributed by atoms with Crippen LogP contribution in [0.3, 0.4) is 0 Å². The molecule has 26 heavy (non-hydrogen) atoms. The third-order valence-corrected chi connectivity index (χ3v) is 6.23. The Bertz CT molecular complexity index is 878. The average molecular weight is 379 g/mol. The van der Waals surface area contributed by atoms with Crippen molar-refractivity contribution in [1.29, 1.82) is 0 Å². The number of ether oxygens (including phenoxy) is 1. The van der Waals surface area contributed by atoms with Gasteiger partial charge < -0.3 is 10.1 Å². The first-order chi connectivity index (χ1) is 12.3. The second-order valence-corrected chi connectivity index (χ2v) is 8.73. The maximum Gasteiger partial charge on any atom is 0.271 e. The van der Waals surface area contributed by atoms with Crippen molar-refractivity contribution in [2.24, 2.45) is 5.10 Å². The van der Waals surface area contributed by atoms with E-state index in [9.17, 15) is 18.0 Å². The van der Waals surface area contributed by atoms with E-state index in [-0.39, 0.29) is 36.0 Å². The molecule has 0 radical (unpaired) electrons. The Balaban J connectivity index is 1.80. The lowest BCUT2D eigenvalue weighted by Gasteiger charge is -2.27. The number of hydrogen-bond donors (Lipinski definition) is 1. The molecule has 0 saturated carbocycles. The molecule has 1 aromatic carbocycles. The maximum absolute atomic E-state index is 12.6. The van der Waals surface area contributed by atoms with Gasteiger partial charge in [-0.1, -0.05) is 6.07 Å². The topological polar surface area (TPSA) is 105 Å². The molecule has 0 spiro atoms. The zero-order valence-electron chi connectivity index (χ0n) is 14.7. The van der Waals surface area contributed by atoms with Crippen LogP contribution in [0.5, 0.6) is 5.75 Å². The van der Waals surface area contributed by atoms with Crippen LogP contribution in [0, 0.1) is 6.92 Å². The normalized spacial score (nSPS) is 22.1. The molecular formula is C17H21N3O5S. The van der Waals surface area contributed by atoms with Gasteiger partial charge in [0.15, 0.2) is 9.84 Å². The van der Waals surface area contributed by atoms with Gasteiger partial charge in [-0.2, -0.15) is 5.10 Å². The molecule has 0 aromatic heterocycles. The monoisotopic (exact) mass is 379 g/mol. The van der Waals surface area contributed by atoms with Crippen LogP contribution in [0.25, 0.3) is 0 Å². The van der Waals surface area contributed by atoms with Crippen LogP contribution < -0.4 is 10.1 Å². The first kappa shape index (κ1) is 18.4. The summed E-state index contributed by atoms with van der Waals surface area (Å²) in [5.41, 5.74) is 1.68. The maximum atomic E-state index is 12.6. The lowest BCUT2D eigenvalue weighted by atomic mass is 10.1. The second-order valence-electron chi connectivity index (χ2n) is 6.50. The van der Waals surface area contributed by atoms with E-state index in [2.05, 4.69) is 10.4 Å².